The van der Waals surface area contributed by atoms with Crippen molar-refractivity contribution in [2.24, 2.45) is 0 Å². The molecule has 1 aromatic heterocycles. The second kappa shape index (κ2) is 5.75. The van der Waals surface area contributed by atoms with Crippen LogP contribution in [0.3, 0.4) is 0 Å². The van der Waals surface area contributed by atoms with E-state index in [0.717, 1.165) is 19.4 Å². The average Bonchev–Trinajstić information content (AvgIpc) is 2.18. The first-order valence-corrected chi connectivity index (χ1v) is 5.43. The van der Waals surface area contributed by atoms with Crippen molar-refractivity contribution in [2.75, 3.05) is 6.54 Å². The summed E-state index contributed by atoms with van der Waals surface area (Å²) in [4.78, 5) is 15.5. The van der Waals surface area contributed by atoms with Crippen LogP contribution < -0.4 is 5.32 Å². The van der Waals surface area contributed by atoms with Crippen LogP contribution in [0.15, 0.2) is 22.9 Å². The van der Waals surface area contributed by atoms with Gasteiger partial charge < -0.3 is 5.32 Å². The van der Waals surface area contributed by atoms with Gasteiger partial charge in [-0.3, -0.25) is 4.79 Å². The van der Waals surface area contributed by atoms with Crippen LogP contribution >= 0.6 is 15.9 Å². The molecule has 1 amide bonds. The third kappa shape index (κ3) is 3.10. The van der Waals surface area contributed by atoms with Gasteiger partial charge >= 0.3 is 0 Å². The Labute approximate surface area is 92.1 Å². The van der Waals surface area contributed by atoms with Crippen LogP contribution in [0.25, 0.3) is 0 Å². The molecule has 0 bridgehead atoms. The van der Waals surface area contributed by atoms with Gasteiger partial charge in [-0.1, -0.05) is 13.3 Å². The molecule has 1 heterocycles. The molecule has 0 aliphatic heterocycles. The predicted octanol–water partition coefficient (Wildman–Crippen LogP) is 2.37. The van der Waals surface area contributed by atoms with Gasteiger partial charge in [0.2, 0.25) is 0 Å². The number of pyridine rings is 1. The number of rotatable bonds is 4. The lowest BCUT2D eigenvalue weighted by atomic mass is 10.2. The molecular weight excluding hydrogens is 244 g/mol. The molecule has 3 nitrogen and oxygen atoms in total. The molecule has 0 aromatic carbocycles. The summed E-state index contributed by atoms with van der Waals surface area (Å²) in [5.41, 5.74) is 0.587. The summed E-state index contributed by atoms with van der Waals surface area (Å²) in [6.07, 6.45) is 3.73. The fourth-order valence-electron chi connectivity index (χ4n) is 1.03. The van der Waals surface area contributed by atoms with E-state index in [-0.39, 0.29) is 5.91 Å². The van der Waals surface area contributed by atoms with Gasteiger partial charge in [0.1, 0.15) is 4.60 Å². The van der Waals surface area contributed by atoms with Gasteiger partial charge in [-0.05, 0) is 34.5 Å². The third-order valence-corrected chi connectivity index (χ3v) is 2.45. The Morgan fingerprint density at radius 3 is 3.07 bits per heavy atom. The van der Waals surface area contributed by atoms with Crippen molar-refractivity contribution < 1.29 is 4.79 Å². The topological polar surface area (TPSA) is 42.0 Å². The molecule has 0 aliphatic carbocycles. The molecule has 0 saturated heterocycles. The SMILES string of the molecule is CCCCNC(=O)c1cccnc1Br. The molecule has 0 radical (unpaired) electrons. The van der Waals surface area contributed by atoms with Crippen molar-refractivity contribution >= 4 is 21.8 Å². The molecule has 1 aromatic rings. The molecule has 0 atom stereocenters. The Balaban J connectivity index is 2.56. The zero-order valence-electron chi connectivity index (χ0n) is 8.09. The summed E-state index contributed by atoms with van der Waals surface area (Å²) in [5, 5.41) is 2.83. The van der Waals surface area contributed by atoms with Crippen LogP contribution in [0, 0.1) is 0 Å². The lowest BCUT2D eigenvalue weighted by Crippen LogP contribution is -2.24. The zero-order chi connectivity index (χ0) is 10.4. The highest BCUT2D eigenvalue weighted by Crippen LogP contribution is 2.11. The number of halogens is 1. The number of nitrogens with zero attached hydrogens (tertiary/aromatic N) is 1. The summed E-state index contributed by atoms with van der Waals surface area (Å²) in [6.45, 7) is 2.81. The van der Waals surface area contributed by atoms with Gasteiger partial charge in [-0.25, -0.2) is 4.98 Å². The van der Waals surface area contributed by atoms with E-state index in [0.29, 0.717) is 10.2 Å². The van der Waals surface area contributed by atoms with Crippen LogP contribution in [0.4, 0.5) is 0 Å². The molecule has 14 heavy (non-hydrogen) atoms. The van der Waals surface area contributed by atoms with Crippen molar-refractivity contribution in [3.8, 4) is 0 Å². The third-order valence-electron chi connectivity index (χ3n) is 1.82. The Kier molecular flexibility index (Phi) is 4.59. The number of aromatic nitrogens is 1. The molecule has 0 aliphatic rings. The average molecular weight is 257 g/mol. The van der Waals surface area contributed by atoms with Crippen molar-refractivity contribution in [3.63, 3.8) is 0 Å². The van der Waals surface area contributed by atoms with E-state index in [4.69, 9.17) is 0 Å². The maximum atomic E-state index is 11.6. The summed E-state index contributed by atoms with van der Waals surface area (Å²) in [5.74, 6) is -0.0709. The summed E-state index contributed by atoms with van der Waals surface area (Å²) < 4.78 is 0.592. The highest BCUT2D eigenvalue weighted by atomic mass is 79.9. The lowest BCUT2D eigenvalue weighted by molar-refractivity contribution is 0.0952. The standard InChI is InChI=1S/C10H13BrN2O/c1-2-3-6-13-10(14)8-5-4-7-12-9(8)11/h4-5,7H,2-3,6H2,1H3,(H,13,14). The molecule has 0 spiro atoms. The van der Waals surface area contributed by atoms with E-state index in [2.05, 4.69) is 33.2 Å². The van der Waals surface area contributed by atoms with Crippen molar-refractivity contribution in [1.82, 2.24) is 10.3 Å². The summed E-state index contributed by atoms with van der Waals surface area (Å²) >= 11 is 3.23. The van der Waals surface area contributed by atoms with Gasteiger partial charge in [0.15, 0.2) is 0 Å². The normalized spacial score (nSPS) is 9.86. The Morgan fingerprint density at radius 2 is 2.43 bits per heavy atom. The number of amides is 1. The Hall–Kier alpha value is -0.900. The van der Waals surface area contributed by atoms with E-state index in [1.54, 1.807) is 18.3 Å². The van der Waals surface area contributed by atoms with Crippen LogP contribution in [-0.2, 0) is 0 Å². The second-order valence-electron chi connectivity index (χ2n) is 2.95. The largest absolute Gasteiger partial charge is 0.352 e. The fraction of sp³-hybridized carbons (Fsp3) is 0.400. The van der Waals surface area contributed by atoms with E-state index in [9.17, 15) is 4.79 Å². The summed E-state index contributed by atoms with van der Waals surface area (Å²) in [7, 11) is 0. The molecule has 76 valence electrons. The van der Waals surface area contributed by atoms with Crippen LogP contribution in [-0.4, -0.2) is 17.4 Å². The predicted molar refractivity (Wildman–Crippen MR) is 59.2 cm³/mol. The molecule has 0 unspecified atom stereocenters. The fourth-order valence-corrected chi connectivity index (χ4v) is 1.46. The quantitative estimate of drug-likeness (QED) is 0.664. The number of carbonyl (C=O) groups excluding carboxylic acids is 1. The van der Waals surface area contributed by atoms with Gasteiger partial charge in [0, 0.05) is 12.7 Å². The second-order valence-corrected chi connectivity index (χ2v) is 3.70. The maximum absolute atomic E-state index is 11.6. The minimum atomic E-state index is -0.0709. The van der Waals surface area contributed by atoms with E-state index < -0.39 is 0 Å². The smallest absolute Gasteiger partial charge is 0.254 e. The van der Waals surface area contributed by atoms with Crippen molar-refractivity contribution in [3.05, 3.63) is 28.5 Å². The van der Waals surface area contributed by atoms with Gasteiger partial charge in [-0.15, -0.1) is 0 Å². The first-order valence-electron chi connectivity index (χ1n) is 4.64. The highest BCUT2D eigenvalue weighted by Gasteiger charge is 2.08. The lowest BCUT2D eigenvalue weighted by Gasteiger charge is -2.04. The molecule has 1 rings (SSSR count). The van der Waals surface area contributed by atoms with Crippen LogP contribution in [0.1, 0.15) is 30.1 Å². The molecule has 1 N–H and O–H groups in total. The van der Waals surface area contributed by atoms with Crippen LogP contribution in [0.2, 0.25) is 0 Å². The van der Waals surface area contributed by atoms with E-state index in [1.165, 1.54) is 0 Å². The number of carbonyl (C=O) groups is 1. The first-order chi connectivity index (χ1) is 6.75. The maximum Gasteiger partial charge on any atom is 0.254 e. The van der Waals surface area contributed by atoms with E-state index >= 15 is 0 Å². The Morgan fingerprint density at radius 1 is 1.64 bits per heavy atom. The molecule has 0 saturated carbocycles. The minimum Gasteiger partial charge on any atom is -0.352 e. The van der Waals surface area contributed by atoms with Gasteiger partial charge in [0.05, 0.1) is 5.56 Å². The number of unbranched alkanes of at least 4 members (excludes halogenated alkanes) is 1. The number of nitrogens with one attached hydrogen (secondary N) is 1. The number of hydrogen-bond donors (Lipinski definition) is 1. The van der Waals surface area contributed by atoms with Crippen LogP contribution in [0.5, 0.6) is 0 Å². The van der Waals surface area contributed by atoms with E-state index in [1.807, 2.05) is 0 Å². The zero-order valence-corrected chi connectivity index (χ0v) is 9.67. The molecular formula is C10H13BrN2O. The van der Waals surface area contributed by atoms with Crippen molar-refractivity contribution in [2.45, 2.75) is 19.8 Å². The molecule has 0 fully saturated rings. The monoisotopic (exact) mass is 256 g/mol. The first kappa shape index (κ1) is 11.2. The van der Waals surface area contributed by atoms with Crippen molar-refractivity contribution in [1.29, 1.82) is 0 Å². The van der Waals surface area contributed by atoms with Gasteiger partial charge in [-0.2, -0.15) is 0 Å². The minimum absolute atomic E-state index is 0.0709. The van der Waals surface area contributed by atoms with Gasteiger partial charge in [0.25, 0.3) is 5.91 Å². The Bertz CT molecular complexity index is 315. The summed E-state index contributed by atoms with van der Waals surface area (Å²) in [6, 6.07) is 3.50. The highest BCUT2D eigenvalue weighted by molar-refractivity contribution is 9.10. The number of hydrogen-bond acceptors (Lipinski definition) is 2. The molecule has 4 heteroatoms.